The lowest BCUT2D eigenvalue weighted by Crippen LogP contribution is -2.39. The Bertz CT molecular complexity index is 938. The molecule has 1 aliphatic carbocycles. The number of rotatable bonds is 5. The van der Waals surface area contributed by atoms with Crippen molar-refractivity contribution in [2.24, 2.45) is 10.8 Å². The average molecular weight is 458 g/mol. The van der Waals surface area contributed by atoms with E-state index < -0.39 is 10.9 Å². The quantitative estimate of drug-likeness (QED) is 0.366. The van der Waals surface area contributed by atoms with Crippen molar-refractivity contribution in [3.05, 3.63) is 33.9 Å². The summed E-state index contributed by atoms with van der Waals surface area (Å²) >= 11 is 0. The van der Waals surface area contributed by atoms with Crippen molar-refractivity contribution in [3.63, 3.8) is 0 Å². The van der Waals surface area contributed by atoms with Crippen LogP contribution < -0.4 is 4.90 Å². The van der Waals surface area contributed by atoms with E-state index in [0.29, 0.717) is 12.2 Å². The predicted molar refractivity (Wildman–Crippen MR) is 125 cm³/mol. The van der Waals surface area contributed by atoms with Crippen LogP contribution in [0.15, 0.2) is 18.2 Å². The fourth-order valence-electron chi connectivity index (χ4n) is 6.42. The van der Waals surface area contributed by atoms with Crippen LogP contribution in [0, 0.1) is 20.9 Å². The van der Waals surface area contributed by atoms with E-state index in [0.717, 1.165) is 58.0 Å². The molecule has 0 N–H and O–H groups in total. The molecule has 4 rings (SSSR count). The van der Waals surface area contributed by atoms with Gasteiger partial charge < -0.3 is 14.5 Å². The van der Waals surface area contributed by atoms with E-state index in [9.17, 15) is 19.7 Å². The number of nitrogens with zero attached hydrogens (tertiary/aromatic N) is 3. The summed E-state index contributed by atoms with van der Waals surface area (Å²) in [5.41, 5.74) is 0.838. The third-order valence-corrected chi connectivity index (χ3v) is 7.42. The summed E-state index contributed by atoms with van der Waals surface area (Å²) in [5, 5.41) is 11.7. The van der Waals surface area contributed by atoms with Gasteiger partial charge in [-0.1, -0.05) is 33.6 Å². The van der Waals surface area contributed by atoms with Crippen molar-refractivity contribution in [2.45, 2.75) is 71.8 Å². The minimum Gasteiger partial charge on any atom is -0.452 e. The Hall–Kier alpha value is -2.64. The molecule has 2 saturated heterocycles. The molecule has 1 amide bonds. The monoisotopic (exact) mass is 457 g/mol. The van der Waals surface area contributed by atoms with Crippen LogP contribution in [-0.2, 0) is 9.53 Å². The summed E-state index contributed by atoms with van der Waals surface area (Å²) in [6, 6.07) is 4.65. The number of fused-ring (bicyclic) bond motifs is 2. The number of hydrogen-bond acceptors (Lipinski definition) is 6. The van der Waals surface area contributed by atoms with Gasteiger partial charge in [-0.05, 0) is 55.1 Å². The highest BCUT2D eigenvalue weighted by molar-refractivity contribution is 5.93. The van der Waals surface area contributed by atoms with Gasteiger partial charge in [0.2, 0.25) is 0 Å². The van der Waals surface area contributed by atoms with Crippen LogP contribution in [0.1, 0.15) is 76.1 Å². The normalized spacial score (nSPS) is 26.6. The first kappa shape index (κ1) is 23.5. The van der Waals surface area contributed by atoms with Gasteiger partial charge in [-0.3, -0.25) is 14.9 Å². The molecule has 3 fully saturated rings. The standard InChI is InChI=1S/C25H35N3O5/c1-24(2)13-19-14-25(3,16-24)17-27(19)22(29)15-33-23(30)18-8-9-20(21(12-18)28(31)32)26-10-6-4-5-7-11-26/h8-9,12,19H,4-7,10-11,13-17H2,1-3H3. The van der Waals surface area contributed by atoms with Crippen molar-refractivity contribution in [2.75, 3.05) is 31.1 Å². The van der Waals surface area contributed by atoms with Gasteiger partial charge in [-0.25, -0.2) is 4.79 Å². The number of carbonyl (C=O) groups excluding carboxylic acids is 2. The number of anilines is 1. The smallest absolute Gasteiger partial charge is 0.338 e. The van der Waals surface area contributed by atoms with Crippen molar-refractivity contribution >= 4 is 23.3 Å². The van der Waals surface area contributed by atoms with E-state index in [1.54, 1.807) is 12.1 Å². The maximum Gasteiger partial charge on any atom is 0.338 e. The first-order chi connectivity index (χ1) is 15.6. The van der Waals surface area contributed by atoms with Gasteiger partial charge in [0, 0.05) is 31.7 Å². The van der Waals surface area contributed by atoms with Crippen molar-refractivity contribution < 1.29 is 19.2 Å². The molecular weight excluding hydrogens is 422 g/mol. The first-order valence-electron chi connectivity index (χ1n) is 12.1. The summed E-state index contributed by atoms with van der Waals surface area (Å²) < 4.78 is 5.31. The summed E-state index contributed by atoms with van der Waals surface area (Å²) in [6.45, 7) is 8.60. The molecule has 1 saturated carbocycles. The van der Waals surface area contributed by atoms with Gasteiger partial charge in [-0.2, -0.15) is 0 Å². The highest BCUT2D eigenvalue weighted by Gasteiger charge is 2.51. The van der Waals surface area contributed by atoms with Gasteiger partial charge in [0.1, 0.15) is 5.69 Å². The third kappa shape index (κ3) is 5.14. The van der Waals surface area contributed by atoms with E-state index in [1.165, 1.54) is 6.07 Å². The largest absolute Gasteiger partial charge is 0.452 e. The van der Waals surface area contributed by atoms with Crippen LogP contribution >= 0.6 is 0 Å². The Morgan fingerprint density at radius 2 is 1.82 bits per heavy atom. The Balaban J connectivity index is 1.42. The number of ether oxygens (including phenoxy) is 1. The minimum absolute atomic E-state index is 0.0961. The number of amides is 1. The summed E-state index contributed by atoms with van der Waals surface area (Å²) in [5.74, 6) is -0.895. The highest BCUT2D eigenvalue weighted by atomic mass is 16.6. The lowest BCUT2D eigenvalue weighted by atomic mass is 9.65. The van der Waals surface area contributed by atoms with Crippen molar-refractivity contribution in [3.8, 4) is 0 Å². The van der Waals surface area contributed by atoms with Crippen LogP contribution in [0.4, 0.5) is 11.4 Å². The Morgan fingerprint density at radius 1 is 1.12 bits per heavy atom. The highest BCUT2D eigenvalue weighted by Crippen LogP contribution is 2.52. The van der Waals surface area contributed by atoms with E-state index in [-0.39, 0.29) is 40.6 Å². The number of benzene rings is 1. The van der Waals surface area contributed by atoms with Crippen molar-refractivity contribution in [1.29, 1.82) is 0 Å². The molecule has 0 spiro atoms. The summed E-state index contributed by atoms with van der Waals surface area (Å²) in [6.07, 6.45) is 7.25. The zero-order valence-corrected chi connectivity index (χ0v) is 20.0. The Morgan fingerprint density at radius 3 is 2.48 bits per heavy atom. The average Bonchev–Trinajstić information content (AvgIpc) is 2.91. The lowest BCUT2D eigenvalue weighted by Gasteiger charge is -2.39. The number of nitro benzene ring substituents is 1. The molecule has 2 atom stereocenters. The number of likely N-dealkylation sites (tertiary alicyclic amines) is 1. The lowest BCUT2D eigenvalue weighted by molar-refractivity contribution is -0.384. The molecule has 3 aliphatic rings. The van der Waals surface area contributed by atoms with Gasteiger partial charge >= 0.3 is 5.97 Å². The van der Waals surface area contributed by atoms with Crippen LogP contribution in [0.25, 0.3) is 0 Å². The zero-order valence-electron chi connectivity index (χ0n) is 20.0. The van der Waals surface area contributed by atoms with Gasteiger partial charge in [0.05, 0.1) is 10.5 Å². The maximum atomic E-state index is 12.9. The van der Waals surface area contributed by atoms with E-state index in [4.69, 9.17) is 4.74 Å². The number of carbonyl (C=O) groups is 2. The van der Waals surface area contributed by atoms with Crippen LogP contribution in [-0.4, -0.2) is 54.0 Å². The Kier molecular flexibility index (Phi) is 6.38. The third-order valence-electron chi connectivity index (χ3n) is 7.42. The SMILES string of the molecule is CC1(C)CC2CC(C)(CN2C(=O)COC(=O)c2ccc(N3CCCCCC3)c([N+](=O)[O-])c2)C1. The van der Waals surface area contributed by atoms with E-state index in [2.05, 4.69) is 20.8 Å². The van der Waals surface area contributed by atoms with Crippen LogP contribution in [0.5, 0.6) is 0 Å². The molecule has 1 aromatic rings. The van der Waals surface area contributed by atoms with Gasteiger partial charge in [0.25, 0.3) is 11.6 Å². The van der Waals surface area contributed by atoms with E-state index >= 15 is 0 Å². The molecule has 33 heavy (non-hydrogen) atoms. The second kappa shape index (κ2) is 8.95. The van der Waals surface area contributed by atoms with Gasteiger partial charge in [-0.15, -0.1) is 0 Å². The molecule has 0 radical (unpaired) electrons. The summed E-state index contributed by atoms with van der Waals surface area (Å²) in [7, 11) is 0. The molecule has 8 nitrogen and oxygen atoms in total. The topological polar surface area (TPSA) is 93.0 Å². The molecule has 2 unspecified atom stereocenters. The minimum atomic E-state index is -0.706. The van der Waals surface area contributed by atoms with E-state index in [1.807, 2.05) is 9.80 Å². The predicted octanol–water partition coefficient (Wildman–Crippen LogP) is 4.56. The summed E-state index contributed by atoms with van der Waals surface area (Å²) in [4.78, 5) is 40.7. The second-order valence-electron chi connectivity index (χ2n) is 11.2. The number of hydrogen-bond donors (Lipinski definition) is 0. The molecule has 2 aliphatic heterocycles. The molecule has 0 aromatic heterocycles. The Labute approximate surface area is 195 Å². The van der Waals surface area contributed by atoms with Crippen molar-refractivity contribution in [1.82, 2.24) is 4.90 Å². The molecular formula is C25H35N3O5. The van der Waals surface area contributed by atoms with Crippen LogP contribution in [0.3, 0.4) is 0 Å². The fraction of sp³-hybridized carbons (Fsp3) is 0.680. The fourth-order valence-corrected chi connectivity index (χ4v) is 6.42. The van der Waals surface area contributed by atoms with Gasteiger partial charge in [0.15, 0.2) is 6.61 Å². The first-order valence-corrected chi connectivity index (χ1v) is 12.1. The molecule has 1 aromatic carbocycles. The zero-order chi connectivity index (χ0) is 23.8. The number of nitro groups is 1. The molecule has 2 heterocycles. The van der Waals surface area contributed by atoms with Crippen LogP contribution in [0.2, 0.25) is 0 Å². The molecule has 180 valence electrons. The number of esters is 1. The molecule has 8 heteroatoms. The molecule has 2 bridgehead atoms. The maximum absolute atomic E-state index is 12.9. The second-order valence-corrected chi connectivity index (χ2v) is 11.2.